The van der Waals surface area contributed by atoms with Crippen LogP contribution in [0.15, 0.2) is 97.3 Å². The fourth-order valence-electron chi connectivity index (χ4n) is 8.41. The SMILES string of the molecule is C[C@H](Cc1ccccc1)[C@H]1C#C[C@@H]2C=C[C@H](c3ccc(O)c(O[C@H](C[C@H](Cc4ccc[n-]4)c4ccnc(N)c4)[C@H](O)CCO)c3)C[C@@H](O)[C@H]2[C@@H](O)CCCC1. The third-order valence-electron chi connectivity index (χ3n) is 11.5. The van der Waals surface area contributed by atoms with Crippen molar-refractivity contribution in [1.82, 2.24) is 9.97 Å². The highest BCUT2D eigenvalue weighted by Crippen LogP contribution is 2.40. The Morgan fingerprint density at radius 1 is 0.945 bits per heavy atom. The molecule has 0 radical (unpaired) electrons. The Balaban J connectivity index is 1.25. The molecule has 0 unspecified atom stereocenters. The fourth-order valence-corrected chi connectivity index (χ4v) is 8.41. The second kappa shape index (κ2) is 19.3. The maximum Gasteiger partial charge on any atom is 0.161 e. The number of hydrogen-bond donors (Lipinski definition) is 6. The molecule has 292 valence electrons. The number of pyridine rings is 1. The van der Waals surface area contributed by atoms with E-state index in [0.29, 0.717) is 37.4 Å². The van der Waals surface area contributed by atoms with Crippen molar-refractivity contribution in [2.24, 2.45) is 23.7 Å². The predicted molar refractivity (Wildman–Crippen MR) is 214 cm³/mol. The summed E-state index contributed by atoms with van der Waals surface area (Å²) in [7, 11) is 0. The normalized spacial score (nSPS) is 25.0. The van der Waals surface area contributed by atoms with Gasteiger partial charge in [0, 0.05) is 42.9 Å². The number of benzene rings is 2. The molecule has 55 heavy (non-hydrogen) atoms. The molecule has 9 heteroatoms. The summed E-state index contributed by atoms with van der Waals surface area (Å²) in [6.45, 7) is 2.03. The first-order valence-electron chi connectivity index (χ1n) is 19.8. The highest BCUT2D eigenvalue weighted by Gasteiger charge is 2.37. The fraction of sp³-hybridized carbons (Fsp3) is 0.457. The van der Waals surface area contributed by atoms with Crippen LogP contribution in [0.1, 0.15) is 86.1 Å². The van der Waals surface area contributed by atoms with Gasteiger partial charge in [-0.05, 0) is 91.3 Å². The minimum absolute atomic E-state index is 0.0839. The van der Waals surface area contributed by atoms with Crippen molar-refractivity contribution in [1.29, 1.82) is 0 Å². The molecule has 10 atom stereocenters. The largest absolute Gasteiger partial charge is 0.668 e. The van der Waals surface area contributed by atoms with Crippen molar-refractivity contribution in [3.05, 3.63) is 120 Å². The summed E-state index contributed by atoms with van der Waals surface area (Å²) in [6.07, 6.45) is 9.91. The number of allylic oxidation sites excluding steroid dienone is 2. The van der Waals surface area contributed by atoms with Crippen LogP contribution < -0.4 is 15.5 Å². The van der Waals surface area contributed by atoms with Crippen molar-refractivity contribution < 1.29 is 30.3 Å². The zero-order valence-corrected chi connectivity index (χ0v) is 31.7. The third kappa shape index (κ3) is 10.8. The van der Waals surface area contributed by atoms with E-state index in [9.17, 15) is 25.5 Å². The first kappa shape index (κ1) is 40.1. The molecular formula is C46H56N3O6-. The molecule has 0 amide bonds. The van der Waals surface area contributed by atoms with Crippen LogP contribution in [0.4, 0.5) is 5.82 Å². The van der Waals surface area contributed by atoms with Gasteiger partial charge in [0.1, 0.15) is 11.9 Å². The number of nitrogens with two attached hydrogens (primary N) is 1. The van der Waals surface area contributed by atoms with E-state index < -0.39 is 30.3 Å². The summed E-state index contributed by atoms with van der Waals surface area (Å²) < 4.78 is 6.47. The lowest BCUT2D eigenvalue weighted by molar-refractivity contribution is -0.00715. The summed E-state index contributed by atoms with van der Waals surface area (Å²) >= 11 is 0. The molecule has 9 nitrogen and oxygen atoms in total. The van der Waals surface area contributed by atoms with Gasteiger partial charge in [-0.25, -0.2) is 4.98 Å². The maximum absolute atomic E-state index is 11.7. The van der Waals surface area contributed by atoms with Gasteiger partial charge in [0.25, 0.3) is 0 Å². The smallest absolute Gasteiger partial charge is 0.161 e. The van der Waals surface area contributed by atoms with Gasteiger partial charge in [0.05, 0.1) is 18.3 Å². The van der Waals surface area contributed by atoms with E-state index in [1.807, 2.05) is 42.5 Å². The summed E-state index contributed by atoms with van der Waals surface area (Å²) in [5.41, 5.74) is 9.97. The van der Waals surface area contributed by atoms with E-state index in [1.165, 1.54) is 5.56 Å². The number of nitrogens with zero attached hydrogens (tertiary/aromatic N) is 2. The van der Waals surface area contributed by atoms with E-state index in [1.54, 1.807) is 24.5 Å². The van der Waals surface area contributed by atoms with E-state index in [0.717, 1.165) is 42.5 Å². The van der Waals surface area contributed by atoms with Crippen LogP contribution in [0.5, 0.6) is 11.5 Å². The number of anilines is 1. The van der Waals surface area contributed by atoms with Crippen LogP contribution in [0.25, 0.3) is 0 Å². The standard InChI is InChI=1S/C46H56N3O6/c1-30(24-31-8-3-2-4-9-31)32-10-5-6-12-41(53)46-33(14-13-32)15-16-34(26-42(46)54)35-17-18-39(51)43(27-35)55-44(40(52)20-23-50)28-37(25-38-11-7-21-48-38)36-19-22-49-45(47)29-36/h2-4,7-9,11,15-19,21-22,27,29-30,32-34,37,40-42,44,46,50-54H,5-6,10,12,20,23-26,28H2,1H3,(H2,47,49)/q-1/t30-,32-,33-,34+,37+,40-,41+,42-,44-,46-/m1/s1. The second-order valence-electron chi connectivity index (χ2n) is 15.6. The van der Waals surface area contributed by atoms with Gasteiger partial charge < -0.3 is 41.0 Å². The number of phenols is 1. The van der Waals surface area contributed by atoms with Crippen LogP contribution in [-0.2, 0) is 12.8 Å². The van der Waals surface area contributed by atoms with Gasteiger partial charge in [-0.3, -0.25) is 0 Å². The second-order valence-corrected chi connectivity index (χ2v) is 15.6. The van der Waals surface area contributed by atoms with Gasteiger partial charge in [0.2, 0.25) is 0 Å². The third-order valence-corrected chi connectivity index (χ3v) is 11.5. The molecule has 4 aromatic rings. The Morgan fingerprint density at radius 2 is 1.76 bits per heavy atom. The lowest BCUT2D eigenvalue weighted by Gasteiger charge is -2.31. The summed E-state index contributed by atoms with van der Waals surface area (Å²) in [5, 5.41) is 55.3. The quantitative estimate of drug-likeness (QED) is 0.0642. The van der Waals surface area contributed by atoms with Crippen LogP contribution in [-0.4, -0.2) is 61.5 Å². The zero-order chi connectivity index (χ0) is 38.7. The number of rotatable bonds is 14. The predicted octanol–water partition coefficient (Wildman–Crippen LogP) is 6.30. The lowest BCUT2D eigenvalue weighted by Crippen LogP contribution is -2.37. The van der Waals surface area contributed by atoms with Crippen LogP contribution >= 0.6 is 0 Å². The van der Waals surface area contributed by atoms with Crippen LogP contribution in [0, 0.1) is 35.5 Å². The molecule has 0 saturated heterocycles. The topological polar surface area (TPSA) is 163 Å². The minimum Gasteiger partial charge on any atom is -0.668 e. The highest BCUT2D eigenvalue weighted by atomic mass is 16.5. The number of ether oxygens (including phenoxy) is 1. The van der Waals surface area contributed by atoms with Crippen molar-refractivity contribution in [3.8, 4) is 23.3 Å². The molecule has 0 aliphatic heterocycles. The molecule has 0 bridgehead atoms. The Labute approximate surface area is 325 Å². The van der Waals surface area contributed by atoms with E-state index in [-0.39, 0.29) is 48.2 Å². The molecule has 2 aromatic heterocycles. The maximum atomic E-state index is 11.7. The number of nitrogen functional groups attached to an aromatic ring is 1. The van der Waals surface area contributed by atoms with Crippen LogP contribution in [0.3, 0.4) is 0 Å². The Bertz CT molecular complexity index is 1870. The van der Waals surface area contributed by atoms with Gasteiger partial charge in [0.15, 0.2) is 11.5 Å². The minimum atomic E-state index is -1.04. The molecule has 0 saturated carbocycles. The van der Waals surface area contributed by atoms with Gasteiger partial charge >= 0.3 is 0 Å². The molecule has 0 spiro atoms. The number of fused-ring (bicyclic) bond motifs is 1. The molecule has 0 fully saturated rings. The van der Waals surface area contributed by atoms with Gasteiger partial charge in [-0.1, -0.05) is 92.3 Å². The number of hydrogen-bond acceptors (Lipinski definition) is 8. The van der Waals surface area contributed by atoms with E-state index >= 15 is 0 Å². The summed E-state index contributed by atoms with van der Waals surface area (Å²) in [4.78, 5) is 8.61. The van der Waals surface area contributed by atoms with Crippen LogP contribution in [0.2, 0.25) is 0 Å². The Kier molecular flexibility index (Phi) is 14.1. The van der Waals surface area contributed by atoms with Gasteiger partial charge in [-0.15, -0.1) is 0 Å². The number of aliphatic hydroxyl groups excluding tert-OH is 4. The van der Waals surface area contributed by atoms with Crippen molar-refractivity contribution in [2.45, 2.75) is 101 Å². The van der Waals surface area contributed by atoms with Gasteiger partial charge in [-0.2, -0.15) is 11.9 Å². The molecule has 2 heterocycles. The molecule has 2 aliphatic carbocycles. The highest BCUT2D eigenvalue weighted by molar-refractivity contribution is 5.44. The number of aliphatic hydroxyl groups is 4. The Hall–Kier alpha value is -4.59. The molecule has 7 N–H and O–H groups in total. The Morgan fingerprint density at radius 3 is 2.53 bits per heavy atom. The molecular weight excluding hydrogens is 691 g/mol. The van der Waals surface area contributed by atoms with Crippen molar-refractivity contribution in [2.75, 3.05) is 12.3 Å². The van der Waals surface area contributed by atoms with E-state index in [4.69, 9.17) is 10.5 Å². The average Bonchev–Trinajstić information content (AvgIpc) is 3.63. The number of aromatic nitrogens is 2. The monoisotopic (exact) mass is 746 g/mol. The molecule has 2 aliphatic rings. The van der Waals surface area contributed by atoms with E-state index in [2.05, 4.69) is 59.1 Å². The van der Waals surface area contributed by atoms with Crippen molar-refractivity contribution in [3.63, 3.8) is 0 Å². The average molecular weight is 747 g/mol. The molecule has 6 rings (SSSR count). The first-order valence-corrected chi connectivity index (χ1v) is 19.8. The van der Waals surface area contributed by atoms with Crippen molar-refractivity contribution >= 4 is 5.82 Å². The number of aromatic hydroxyl groups is 1. The lowest BCUT2D eigenvalue weighted by atomic mass is 9.78. The zero-order valence-electron chi connectivity index (χ0n) is 31.7. The summed E-state index contributed by atoms with van der Waals surface area (Å²) in [6, 6.07) is 23.2. The molecule has 2 aromatic carbocycles. The first-order chi connectivity index (χ1) is 26.7. The number of phenolic OH excluding ortho intramolecular Hbond substituents is 1. The summed E-state index contributed by atoms with van der Waals surface area (Å²) in [5.74, 6) is 7.03.